The molecule has 0 saturated heterocycles. The molecule has 0 radical (unpaired) electrons. The summed E-state index contributed by atoms with van der Waals surface area (Å²) in [6.07, 6.45) is 3.97. The van der Waals surface area contributed by atoms with E-state index < -0.39 is 0 Å². The second-order valence-corrected chi connectivity index (χ2v) is 7.43. The standard InChI is InChI=1S/C22H29N3O4/c1-3-17(4-2)25(21(26)15-28-18-8-6-5-7-9-18)14-19-12-20(24-29-19)22(27)23-13-16-10-11-16/h5-9,12,16-17H,3-4,10-11,13-15H2,1-2H3,(H,23,27). The molecule has 1 aliphatic rings. The van der Waals surface area contributed by atoms with Crippen LogP contribution < -0.4 is 10.1 Å². The zero-order valence-corrected chi connectivity index (χ0v) is 17.1. The maximum atomic E-state index is 12.9. The largest absolute Gasteiger partial charge is 0.484 e. The van der Waals surface area contributed by atoms with Crippen molar-refractivity contribution in [3.8, 4) is 5.75 Å². The third kappa shape index (κ3) is 6.07. The fourth-order valence-electron chi connectivity index (χ4n) is 3.21. The monoisotopic (exact) mass is 399 g/mol. The highest BCUT2D eigenvalue weighted by atomic mass is 16.5. The summed E-state index contributed by atoms with van der Waals surface area (Å²) in [6.45, 7) is 4.97. The molecular formula is C22H29N3O4. The van der Waals surface area contributed by atoms with Crippen LogP contribution in [0.2, 0.25) is 0 Å². The van der Waals surface area contributed by atoms with Gasteiger partial charge in [0.25, 0.3) is 11.8 Å². The van der Waals surface area contributed by atoms with Gasteiger partial charge in [0.15, 0.2) is 18.1 Å². The first kappa shape index (κ1) is 20.9. The molecule has 1 aromatic heterocycles. The normalized spacial score (nSPS) is 13.3. The number of amides is 2. The van der Waals surface area contributed by atoms with Crippen LogP contribution >= 0.6 is 0 Å². The Kier molecular flexibility index (Phi) is 7.27. The summed E-state index contributed by atoms with van der Waals surface area (Å²) < 4.78 is 11.0. The number of nitrogens with zero attached hydrogens (tertiary/aromatic N) is 2. The number of hydrogen-bond donors (Lipinski definition) is 1. The highest BCUT2D eigenvalue weighted by Gasteiger charge is 2.25. The molecule has 1 saturated carbocycles. The summed E-state index contributed by atoms with van der Waals surface area (Å²) in [5.41, 5.74) is 0.248. The van der Waals surface area contributed by atoms with Crippen LogP contribution in [0.3, 0.4) is 0 Å². The highest BCUT2D eigenvalue weighted by Crippen LogP contribution is 2.27. The van der Waals surface area contributed by atoms with Crippen LogP contribution in [0.15, 0.2) is 40.9 Å². The van der Waals surface area contributed by atoms with Gasteiger partial charge in [-0.2, -0.15) is 0 Å². The molecule has 1 N–H and O–H groups in total. The molecule has 3 rings (SSSR count). The van der Waals surface area contributed by atoms with E-state index in [0.717, 1.165) is 12.8 Å². The Morgan fingerprint density at radius 1 is 1.24 bits per heavy atom. The number of ether oxygens (including phenoxy) is 1. The third-order valence-electron chi connectivity index (χ3n) is 5.18. The molecule has 29 heavy (non-hydrogen) atoms. The Hall–Kier alpha value is -2.83. The molecule has 0 unspecified atom stereocenters. The molecule has 2 aromatic rings. The zero-order chi connectivity index (χ0) is 20.6. The molecule has 0 spiro atoms. The minimum absolute atomic E-state index is 0.0522. The van der Waals surface area contributed by atoms with Crippen molar-refractivity contribution in [2.24, 2.45) is 5.92 Å². The van der Waals surface area contributed by atoms with Crippen LogP contribution in [0.4, 0.5) is 0 Å². The summed E-state index contributed by atoms with van der Waals surface area (Å²) in [7, 11) is 0. The van der Waals surface area contributed by atoms with Crippen LogP contribution in [0.1, 0.15) is 55.8 Å². The van der Waals surface area contributed by atoms with Crippen LogP contribution in [0.5, 0.6) is 5.75 Å². The number of hydrogen-bond acceptors (Lipinski definition) is 5. The van der Waals surface area contributed by atoms with Gasteiger partial charge in [0.2, 0.25) is 0 Å². The summed E-state index contributed by atoms with van der Waals surface area (Å²) in [6, 6.07) is 10.9. The predicted octanol–water partition coefficient (Wildman–Crippen LogP) is 3.41. The fourth-order valence-corrected chi connectivity index (χ4v) is 3.21. The lowest BCUT2D eigenvalue weighted by Crippen LogP contribution is -2.41. The topological polar surface area (TPSA) is 84.7 Å². The Morgan fingerprint density at radius 2 is 1.97 bits per heavy atom. The number of aromatic nitrogens is 1. The van der Waals surface area contributed by atoms with Gasteiger partial charge in [0.05, 0.1) is 6.54 Å². The SMILES string of the molecule is CCC(CC)N(Cc1cc(C(=O)NCC2CC2)no1)C(=O)COc1ccccc1. The van der Waals surface area contributed by atoms with Crippen LogP contribution in [0, 0.1) is 5.92 Å². The quantitative estimate of drug-likeness (QED) is 0.626. The van der Waals surface area contributed by atoms with Crippen LogP contribution in [-0.4, -0.2) is 41.1 Å². The highest BCUT2D eigenvalue weighted by molar-refractivity contribution is 5.92. The van der Waals surface area contributed by atoms with E-state index in [-0.39, 0.29) is 36.7 Å². The summed E-state index contributed by atoms with van der Waals surface area (Å²) >= 11 is 0. The fraction of sp³-hybridized carbons (Fsp3) is 0.500. The van der Waals surface area contributed by atoms with Gasteiger partial charge in [0.1, 0.15) is 5.75 Å². The summed E-state index contributed by atoms with van der Waals surface area (Å²) in [4.78, 5) is 26.8. The lowest BCUT2D eigenvalue weighted by molar-refractivity contribution is -0.137. The number of benzene rings is 1. The zero-order valence-electron chi connectivity index (χ0n) is 17.1. The van der Waals surface area contributed by atoms with Crippen molar-refractivity contribution in [2.75, 3.05) is 13.2 Å². The van der Waals surface area contributed by atoms with Crippen molar-refractivity contribution >= 4 is 11.8 Å². The van der Waals surface area contributed by atoms with Crippen molar-refractivity contribution in [3.05, 3.63) is 47.9 Å². The molecule has 0 atom stereocenters. The molecule has 0 aliphatic heterocycles. The maximum Gasteiger partial charge on any atom is 0.273 e. The minimum Gasteiger partial charge on any atom is -0.484 e. The van der Waals surface area contributed by atoms with Crippen LogP contribution in [-0.2, 0) is 11.3 Å². The second-order valence-electron chi connectivity index (χ2n) is 7.43. The molecule has 0 bridgehead atoms. The average Bonchev–Trinajstić information content (AvgIpc) is 3.47. The Bertz CT molecular complexity index is 797. The Morgan fingerprint density at radius 3 is 2.62 bits per heavy atom. The predicted molar refractivity (Wildman–Crippen MR) is 108 cm³/mol. The molecule has 1 aromatic carbocycles. The summed E-state index contributed by atoms with van der Waals surface area (Å²) in [5.74, 6) is 1.37. The maximum absolute atomic E-state index is 12.9. The molecule has 156 valence electrons. The van der Waals surface area contributed by atoms with E-state index in [0.29, 0.717) is 24.0 Å². The molecular weight excluding hydrogens is 370 g/mol. The molecule has 7 heteroatoms. The number of carbonyl (C=O) groups excluding carboxylic acids is 2. The van der Waals surface area contributed by atoms with Crippen molar-refractivity contribution < 1.29 is 18.8 Å². The lowest BCUT2D eigenvalue weighted by Gasteiger charge is -2.29. The number of carbonyl (C=O) groups is 2. The van der Waals surface area contributed by atoms with Gasteiger partial charge in [-0.05, 0) is 43.7 Å². The van der Waals surface area contributed by atoms with Crippen molar-refractivity contribution in [1.82, 2.24) is 15.4 Å². The third-order valence-corrected chi connectivity index (χ3v) is 5.18. The first-order chi connectivity index (χ1) is 14.1. The Labute approximate surface area is 171 Å². The van der Waals surface area contributed by atoms with Crippen molar-refractivity contribution in [3.63, 3.8) is 0 Å². The first-order valence-electron chi connectivity index (χ1n) is 10.3. The number of para-hydroxylation sites is 1. The van der Waals surface area contributed by atoms with E-state index in [9.17, 15) is 9.59 Å². The van der Waals surface area contributed by atoms with E-state index in [4.69, 9.17) is 9.26 Å². The van der Waals surface area contributed by atoms with Gasteiger partial charge in [0, 0.05) is 18.7 Å². The van der Waals surface area contributed by atoms with E-state index in [1.807, 2.05) is 44.2 Å². The van der Waals surface area contributed by atoms with Crippen molar-refractivity contribution in [1.29, 1.82) is 0 Å². The molecule has 1 aliphatic carbocycles. The van der Waals surface area contributed by atoms with Gasteiger partial charge in [-0.1, -0.05) is 37.2 Å². The van der Waals surface area contributed by atoms with Gasteiger partial charge >= 0.3 is 0 Å². The lowest BCUT2D eigenvalue weighted by atomic mass is 10.1. The number of rotatable bonds is 11. The molecule has 1 fully saturated rings. The van der Waals surface area contributed by atoms with Gasteiger partial charge in [-0.25, -0.2) is 0 Å². The smallest absolute Gasteiger partial charge is 0.273 e. The second kappa shape index (κ2) is 10.1. The molecule has 1 heterocycles. The van der Waals surface area contributed by atoms with Gasteiger partial charge < -0.3 is 19.5 Å². The first-order valence-corrected chi connectivity index (χ1v) is 10.3. The summed E-state index contributed by atoms with van der Waals surface area (Å²) in [5, 5.41) is 6.75. The van der Waals surface area contributed by atoms with E-state index in [2.05, 4.69) is 10.5 Å². The van der Waals surface area contributed by atoms with Gasteiger partial charge in [-0.15, -0.1) is 0 Å². The average molecular weight is 399 g/mol. The van der Waals surface area contributed by atoms with E-state index in [1.165, 1.54) is 12.8 Å². The number of nitrogens with one attached hydrogen (secondary N) is 1. The van der Waals surface area contributed by atoms with Crippen LogP contribution in [0.25, 0.3) is 0 Å². The Balaban J connectivity index is 1.62. The molecule has 7 nitrogen and oxygen atoms in total. The van der Waals surface area contributed by atoms with E-state index >= 15 is 0 Å². The van der Waals surface area contributed by atoms with E-state index in [1.54, 1.807) is 11.0 Å². The van der Waals surface area contributed by atoms with Gasteiger partial charge in [-0.3, -0.25) is 9.59 Å². The minimum atomic E-state index is -0.236. The van der Waals surface area contributed by atoms with Crippen molar-refractivity contribution in [2.45, 2.75) is 52.1 Å². The molecule has 2 amide bonds.